The van der Waals surface area contributed by atoms with Gasteiger partial charge in [-0.3, -0.25) is 4.79 Å². The summed E-state index contributed by atoms with van der Waals surface area (Å²) < 4.78 is 0. The maximum atomic E-state index is 12.3. The van der Waals surface area contributed by atoms with Crippen molar-refractivity contribution < 1.29 is 4.79 Å². The van der Waals surface area contributed by atoms with Crippen LogP contribution in [0.15, 0.2) is 12.1 Å². The molecule has 20 heavy (non-hydrogen) atoms. The summed E-state index contributed by atoms with van der Waals surface area (Å²) in [4.78, 5) is 12.3. The van der Waals surface area contributed by atoms with Gasteiger partial charge in [0.15, 0.2) is 0 Å². The fraction of sp³-hybridized carbons (Fsp3) is 0.533. The maximum Gasteiger partial charge on any atom is 0.251 e. The largest absolute Gasteiger partial charge is 0.397 e. The van der Waals surface area contributed by atoms with Gasteiger partial charge in [-0.25, -0.2) is 0 Å². The Bertz CT molecular complexity index is 482. The predicted octanol–water partition coefficient (Wildman–Crippen LogP) is 4.27. The lowest BCUT2D eigenvalue weighted by Crippen LogP contribution is -2.34. The number of hydrogen-bond acceptors (Lipinski definition) is 2. The molecule has 1 amide bonds. The molecule has 0 spiro atoms. The number of nitrogens with one attached hydrogen (secondary N) is 1. The topological polar surface area (TPSA) is 55.1 Å². The van der Waals surface area contributed by atoms with Crippen molar-refractivity contribution in [1.29, 1.82) is 0 Å². The van der Waals surface area contributed by atoms with E-state index in [2.05, 4.69) is 12.2 Å². The lowest BCUT2D eigenvalue weighted by atomic mass is 10.0. The molecule has 1 aromatic carbocycles. The summed E-state index contributed by atoms with van der Waals surface area (Å²) in [6, 6.07) is 3.38. The molecule has 1 aliphatic carbocycles. The van der Waals surface area contributed by atoms with Gasteiger partial charge in [0.2, 0.25) is 0 Å². The van der Waals surface area contributed by atoms with Gasteiger partial charge < -0.3 is 11.1 Å². The molecular formula is C15H20Cl2N2O. The summed E-state index contributed by atoms with van der Waals surface area (Å²) in [6.07, 6.45) is 5.63. The number of carbonyl (C=O) groups excluding carboxylic acids is 1. The molecule has 0 radical (unpaired) electrons. The fourth-order valence-electron chi connectivity index (χ4n) is 2.64. The Hall–Kier alpha value is -0.930. The van der Waals surface area contributed by atoms with E-state index in [-0.39, 0.29) is 11.9 Å². The molecule has 2 rings (SSSR count). The minimum absolute atomic E-state index is 0.130. The van der Waals surface area contributed by atoms with Crippen molar-refractivity contribution in [1.82, 2.24) is 5.32 Å². The molecule has 1 aliphatic rings. The Labute approximate surface area is 129 Å². The van der Waals surface area contributed by atoms with E-state index in [4.69, 9.17) is 28.9 Å². The molecule has 0 aromatic heterocycles. The smallest absolute Gasteiger partial charge is 0.251 e. The number of anilines is 1. The van der Waals surface area contributed by atoms with Crippen molar-refractivity contribution in [3.05, 3.63) is 27.7 Å². The van der Waals surface area contributed by atoms with Crippen LogP contribution in [0.2, 0.25) is 10.0 Å². The van der Waals surface area contributed by atoms with Crippen molar-refractivity contribution in [2.75, 3.05) is 5.73 Å². The molecule has 1 aromatic rings. The maximum absolute atomic E-state index is 12.3. The SMILES string of the molecule is CC1CCCC(NC(=O)c2cc(N)c(Cl)c(Cl)c2)CC1. The zero-order chi connectivity index (χ0) is 14.7. The molecule has 1 fully saturated rings. The standard InChI is InChI=1S/C15H20Cl2N2O/c1-9-3-2-4-11(6-5-9)19-15(20)10-7-12(16)14(17)13(18)8-10/h7-9,11H,2-6,18H2,1H3,(H,19,20). The first kappa shape index (κ1) is 15.5. The van der Waals surface area contributed by atoms with Crippen LogP contribution >= 0.6 is 23.2 Å². The average Bonchev–Trinajstić information content (AvgIpc) is 2.60. The molecule has 3 N–H and O–H groups in total. The normalized spacial score (nSPS) is 23.1. The van der Waals surface area contributed by atoms with Gasteiger partial charge in [-0.05, 0) is 37.3 Å². The summed E-state index contributed by atoms with van der Waals surface area (Å²) in [5.74, 6) is 0.618. The molecule has 1 saturated carbocycles. The second-order valence-electron chi connectivity index (χ2n) is 5.65. The second kappa shape index (κ2) is 6.68. The van der Waals surface area contributed by atoms with Crippen LogP contribution in [0.1, 0.15) is 49.4 Å². The van der Waals surface area contributed by atoms with Gasteiger partial charge in [0.25, 0.3) is 5.91 Å². The zero-order valence-electron chi connectivity index (χ0n) is 11.6. The highest BCUT2D eigenvalue weighted by Crippen LogP contribution is 2.29. The Morgan fingerprint density at radius 1 is 1.25 bits per heavy atom. The van der Waals surface area contributed by atoms with Crippen LogP contribution in [0.25, 0.3) is 0 Å². The van der Waals surface area contributed by atoms with E-state index in [0.717, 1.165) is 31.6 Å². The number of amides is 1. The quantitative estimate of drug-likeness (QED) is 0.632. The molecule has 2 atom stereocenters. The first-order chi connectivity index (χ1) is 9.47. The van der Waals surface area contributed by atoms with E-state index in [0.29, 0.717) is 21.3 Å². The average molecular weight is 315 g/mol. The van der Waals surface area contributed by atoms with Crippen LogP contribution in [0, 0.1) is 5.92 Å². The van der Waals surface area contributed by atoms with Crippen molar-refractivity contribution in [2.24, 2.45) is 5.92 Å². The lowest BCUT2D eigenvalue weighted by Gasteiger charge is -2.17. The molecule has 3 nitrogen and oxygen atoms in total. The number of hydrogen-bond donors (Lipinski definition) is 2. The molecule has 110 valence electrons. The van der Waals surface area contributed by atoms with Crippen LogP contribution in [-0.4, -0.2) is 11.9 Å². The van der Waals surface area contributed by atoms with Crippen LogP contribution in [0.5, 0.6) is 0 Å². The van der Waals surface area contributed by atoms with Gasteiger partial charge >= 0.3 is 0 Å². The fourth-order valence-corrected chi connectivity index (χ4v) is 2.98. The van der Waals surface area contributed by atoms with Gasteiger partial charge in [-0.1, -0.05) is 43.0 Å². The highest BCUT2D eigenvalue weighted by Gasteiger charge is 2.19. The van der Waals surface area contributed by atoms with Crippen molar-refractivity contribution >= 4 is 34.8 Å². The van der Waals surface area contributed by atoms with E-state index in [9.17, 15) is 4.79 Å². The van der Waals surface area contributed by atoms with E-state index in [1.54, 1.807) is 12.1 Å². The van der Waals surface area contributed by atoms with Crippen LogP contribution in [-0.2, 0) is 0 Å². The van der Waals surface area contributed by atoms with Gasteiger partial charge in [0.05, 0.1) is 15.7 Å². The number of carbonyl (C=O) groups is 1. The Morgan fingerprint density at radius 3 is 2.70 bits per heavy atom. The monoisotopic (exact) mass is 314 g/mol. The summed E-state index contributed by atoms with van der Waals surface area (Å²) >= 11 is 11.9. The molecule has 0 bridgehead atoms. The number of rotatable bonds is 2. The Morgan fingerprint density at radius 2 is 2.00 bits per heavy atom. The summed E-state index contributed by atoms with van der Waals surface area (Å²) in [5.41, 5.74) is 6.54. The van der Waals surface area contributed by atoms with Gasteiger partial charge in [-0.2, -0.15) is 0 Å². The molecule has 0 heterocycles. The molecule has 5 heteroatoms. The summed E-state index contributed by atoms with van der Waals surface area (Å²) in [6.45, 7) is 2.27. The highest BCUT2D eigenvalue weighted by atomic mass is 35.5. The van der Waals surface area contributed by atoms with E-state index < -0.39 is 0 Å². The van der Waals surface area contributed by atoms with Gasteiger partial charge in [0.1, 0.15) is 0 Å². The predicted molar refractivity (Wildman–Crippen MR) is 84.4 cm³/mol. The third-order valence-corrected chi connectivity index (χ3v) is 4.73. The van der Waals surface area contributed by atoms with Gasteiger partial charge in [-0.15, -0.1) is 0 Å². The van der Waals surface area contributed by atoms with Crippen molar-refractivity contribution in [2.45, 2.75) is 45.1 Å². The van der Waals surface area contributed by atoms with Crippen molar-refractivity contribution in [3.63, 3.8) is 0 Å². The Kier molecular flexibility index (Phi) is 5.17. The molecule has 2 unspecified atom stereocenters. The van der Waals surface area contributed by atoms with E-state index in [1.165, 1.54) is 6.42 Å². The number of nitrogens with two attached hydrogens (primary N) is 1. The lowest BCUT2D eigenvalue weighted by molar-refractivity contribution is 0.0933. The Balaban J connectivity index is 2.04. The number of nitrogen functional groups attached to an aromatic ring is 1. The number of benzene rings is 1. The van der Waals surface area contributed by atoms with E-state index >= 15 is 0 Å². The number of halogens is 2. The molecular weight excluding hydrogens is 295 g/mol. The minimum Gasteiger partial charge on any atom is -0.397 e. The first-order valence-corrected chi connectivity index (χ1v) is 7.78. The van der Waals surface area contributed by atoms with Crippen molar-refractivity contribution in [3.8, 4) is 0 Å². The highest BCUT2D eigenvalue weighted by molar-refractivity contribution is 6.43. The summed E-state index contributed by atoms with van der Waals surface area (Å²) in [5, 5.41) is 3.68. The molecule has 0 saturated heterocycles. The third kappa shape index (κ3) is 3.80. The zero-order valence-corrected chi connectivity index (χ0v) is 13.1. The minimum atomic E-state index is -0.130. The molecule has 0 aliphatic heterocycles. The van der Waals surface area contributed by atoms with Crippen LogP contribution in [0.3, 0.4) is 0 Å². The second-order valence-corrected chi connectivity index (χ2v) is 6.43. The van der Waals surface area contributed by atoms with Crippen LogP contribution < -0.4 is 11.1 Å². The third-order valence-electron chi connectivity index (χ3n) is 3.91. The van der Waals surface area contributed by atoms with Gasteiger partial charge in [0, 0.05) is 11.6 Å². The van der Waals surface area contributed by atoms with E-state index in [1.807, 2.05) is 0 Å². The first-order valence-electron chi connectivity index (χ1n) is 7.02. The van der Waals surface area contributed by atoms with Crippen LogP contribution in [0.4, 0.5) is 5.69 Å². The summed E-state index contributed by atoms with van der Waals surface area (Å²) in [7, 11) is 0.